The minimum absolute atomic E-state index is 0.0290. The summed E-state index contributed by atoms with van der Waals surface area (Å²) in [5.74, 6) is -0.317. The van der Waals surface area contributed by atoms with Gasteiger partial charge in [-0.05, 0) is 78.6 Å². The molecule has 0 spiro atoms. The van der Waals surface area contributed by atoms with Crippen molar-refractivity contribution in [2.45, 2.75) is 32.5 Å². The maximum atomic E-state index is 14.9. The second-order valence-corrected chi connectivity index (χ2v) is 14.5. The fraction of sp³-hybridized carbons (Fsp3) is 0.256. The standard InChI is InChI=1S/C43H40ClN7O3/c1-28-38(43(53)50(26-32-10-6-4-8-30(32)23-45)35-12-14-40-33(20-35)24-46-47-40)22-41(48(28)2)39-21-34(44)11-13-37(39)42(52)51-25-31-9-5-3-7-29(31)19-36(51)27-49-15-17-54-18-16-49/h3-14,20-22,24,36H,15-19,25-27H2,1-2H3,(H,46,47). The lowest BCUT2D eigenvalue weighted by atomic mass is 9.92. The van der Waals surface area contributed by atoms with Gasteiger partial charge in [-0.15, -0.1) is 0 Å². The van der Waals surface area contributed by atoms with Crippen molar-refractivity contribution in [3.8, 4) is 17.3 Å². The van der Waals surface area contributed by atoms with E-state index in [4.69, 9.17) is 16.3 Å². The molecule has 10 nitrogen and oxygen atoms in total. The van der Waals surface area contributed by atoms with Gasteiger partial charge in [0.15, 0.2) is 0 Å². The van der Waals surface area contributed by atoms with Gasteiger partial charge in [-0.3, -0.25) is 19.6 Å². The number of nitrogens with one attached hydrogen (secondary N) is 1. The quantitative estimate of drug-likeness (QED) is 0.178. The molecular weight excluding hydrogens is 698 g/mol. The predicted molar refractivity (Wildman–Crippen MR) is 209 cm³/mol. The Morgan fingerprint density at radius 1 is 0.981 bits per heavy atom. The number of rotatable bonds is 8. The molecule has 1 saturated heterocycles. The van der Waals surface area contributed by atoms with Crippen molar-refractivity contribution < 1.29 is 14.3 Å². The minimum Gasteiger partial charge on any atom is -0.379 e. The highest BCUT2D eigenvalue weighted by atomic mass is 35.5. The Morgan fingerprint density at radius 3 is 2.57 bits per heavy atom. The van der Waals surface area contributed by atoms with Crippen LogP contribution in [0.25, 0.3) is 22.2 Å². The van der Waals surface area contributed by atoms with Crippen molar-refractivity contribution in [1.29, 1.82) is 5.26 Å². The Kier molecular flexibility index (Phi) is 9.78. The fourth-order valence-electron chi connectivity index (χ4n) is 7.78. The molecule has 4 aromatic carbocycles. The molecule has 0 bridgehead atoms. The molecule has 6 aromatic rings. The van der Waals surface area contributed by atoms with E-state index in [2.05, 4.69) is 39.4 Å². The van der Waals surface area contributed by atoms with Crippen molar-refractivity contribution in [3.63, 3.8) is 0 Å². The van der Waals surface area contributed by atoms with Crippen LogP contribution in [-0.4, -0.2) is 75.3 Å². The third-order valence-corrected chi connectivity index (χ3v) is 11.1. The number of morpholine rings is 1. The van der Waals surface area contributed by atoms with Crippen LogP contribution in [0.15, 0.2) is 97.2 Å². The summed E-state index contributed by atoms with van der Waals surface area (Å²) in [7, 11) is 1.90. The predicted octanol–water partition coefficient (Wildman–Crippen LogP) is 7.15. The van der Waals surface area contributed by atoms with E-state index in [1.54, 1.807) is 29.3 Å². The fourth-order valence-corrected chi connectivity index (χ4v) is 7.95. The second-order valence-electron chi connectivity index (χ2n) is 14.1. The molecule has 4 heterocycles. The van der Waals surface area contributed by atoms with Gasteiger partial charge in [-0.1, -0.05) is 54.1 Å². The molecule has 2 aromatic heterocycles. The van der Waals surface area contributed by atoms with Crippen LogP contribution in [0.1, 0.15) is 48.7 Å². The van der Waals surface area contributed by atoms with Gasteiger partial charge in [-0.25, -0.2) is 0 Å². The number of amides is 2. The van der Waals surface area contributed by atoms with Gasteiger partial charge < -0.3 is 19.1 Å². The van der Waals surface area contributed by atoms with Gasteiger partial charge in [0.1, 0.15) is 0 Å². The van der Waals surface area contributed by atoms with Gasteiger partial charge in [0.2, 0.25) is 0 Å². The van der Waals surface area contributed by atoms with Crippen LogP contribution in [0.3, 0.4) is 0 Å². The van der Waals surface area contributed by atoms with Crippen LogP contribution in [0, 0.1) is 18.3 Å². The zero-order chi connectivity index (χ0) is 37.3. The number of carbonyl (C=O) groups excluding carboxylic acids is 2. The molecule has 0 saturated carbocycles. The first-order chi connectivity index (χ1) is 26.3. The molecule has 8 rings (SSSR count). The number of ether oxygens (including phenoxy) is 1. The van der Waals surface area contributed by atoms with E-state index in [1.807, 2.05) is 78.0 Å². The van der Waals surface area contributed by atoms with Gasteiger partial charge in [0.25, 0.3) is 11.8 Å². The molecule has 54 heavy (non-hydrogen) atoms. The number of aromatic amines is 1. The van der Waals surface area contributed by atoms with E-state index in [9.17, 15) is 14.9 Å². The lowest BCUT2D eigenvalue weighted by Crippen LogP contribution is -2.52. The summed E-state index contributed by atoms with van der Waals surface area (Å²) in [5.41, 5.74) is 8.25. The zero-order valence-electron chi connectivity index (χ0n) is 30.3. The van der Waals surface area contributed by atoms with Gasteiger partial charge in [0, 0.05) is 77.9 Å². The number of benzene rings is 4. The number of carbonyl (C=O) groups is 2. The normalized spacial score (nSPS) is 15.9. The summed E-state index contributed by atoms with van der Waals surface area (Å²) in [4.78, 5) is 35.8. The lowest BCUT2D eigenvalue weighted by molar-refractivity contribution is 0.0193. The van der Waals surface area contributed by atoms with E-state index < -0.39 is 0 Å². The van der Waals surface area contributed by atoms with Crippen LogP contribution in [0.2, 0.25) is 5.02 Å². The Labute approximate surface area is 319 Å². The number of halogens is 1. The van der Waals surface area contributed by atoms with E-state index in [-0.39, 0.29) is 24.4 Å². The highest BCUT2D eigenvalue weighted by Gasteiger charge is 2.34. The van der Waals surface area contributed by atoms with Crippen molar-refractivity contribution in [3.05, 3.63) is 141 Å². The number of fused-ring (bicyclic) bond motifs is 2. The van der Waals surface area contributed by atoms with E-state index in [0.717, 1.165) is 53.8 Å². The largest absolute Gasteiger partial charge is 0.379 e. The third kappa shape index (κ3) is 6.78. The smallest absolute Gasteiger partial charge is 0.260 e. The minimum atomic E-state index is -0.238. The second kappa shape index (κ2) is 15.0. The lowest BCUT2D eigenvalue weighted by Gasteiger charge is -2.40. The number of anilines is 1. The van der Waals surface area contributed by atoms with E-state index >= 15 is 0 Å². The van der Waals surface area contributed by atoms with Crippen LogP contribution in [0.4, 0.5) is 5.69 Å². The summed E-state index contributed by atoms with van der Waals surface area (Å²) in [6.07, 6.45) is 2.49. The average Bonchev–Trinajstić information content (AvgIpc) is 3.79. The van der Waals surface area contributed by atoms with Gasteiger partial charge >= 0.3 is 0 Å². The molecule has 1 fully saturated rings. The summed E-state index contributed by atoms with van der Waals surface area (Å²) in [6, 6.07) is 30.8. The first kappa shape index (κ1) is 35.3. The SMILES string of the molecule is Cc1c(C(=O)N(Cc2ccccc2C#N)c2ccc3[nH]ncc3c2)cc(-c2cc(Cl)ccc2C(=O)N2Cc3ccccc3CC2CN2CCOCC2)n1C. The van der Waals surface area contributed by atoms with Crippen LogP contribution < -0.4 is 4.90 Å². The van der Waals surface area contributed by atoms with Crippen molar-refractivity contribution in [2.75, 3.05) is 37.7 Å². The molecule has 1 atom stereocenters. The van der Waals surface area contributed by atoms with Crippen LogP contribution in [0.5, 0.6) is 0 Å². The summed E-state index contributed by atoms with van der Waals surface area (Å²) in [5, 5.41) is 18.4. The van der Waals surface area contributed by atoms with Gasteiger partial charge in [0.05, 0.1) is 48.7 Å². The third-order valence-electron chi connectivity index (χ3n) is 10.9. The molecule has 0 radical (unpaired) electrons. The molecular formula is C43H40ClN7O3. The van der Waals surface area contributed by atoms with Crippen LogP contribution >= 0.6 is 11.6 Å². The van der Waals surface area contributed by atoms with Crippen molar-refractivity contribution >= 4 is 40.0 Å². The van der Waals surface area contributed by atoms with Crippen molar-refractivity contribution in [1.82, 2.24) is 24.6 Å². The summed E-state index contributed by atoms with van der Waals surface area (Å²) in [6.45, 7) is 6.38. The molecule has 2 aliphatic heterocycles. The average molecular weight is 738 g/mol. The number of hydrogen-bond donors (Lipinski definition) is 1. The highest BCUT2D eigenvalue weighted by molar-refractivity contribution is 6.31. The first-order valence-electron chi connectivity index (χ1n) is 18.2. The van der Waals surface area contributed by atoms with Crippen LogP contribution in [-0.2, 0) is 31.3 Å². The molecule has 0 aliphatic carbocycles. The molecule has 2 aliphatic rings. The molecule has 1 N–H and O–H groups in total. The maximum absolute atomic E-state index is 14.9. The Hall–Kier alpha value is -5.73. The monoisotopic (exact) mass is 737 g/mol. The highest BCUT2D eigenvalue weighted by Crippen LogP contribution is 2.35. The Morgan fingerprint density at radius 2 is 1.76 bits per heavy atom. The summed E-state index contributed by atoms with van der Waals surface area (Å²) < 4.78 is 7.57. The molecule has 2 amide bonds. The van der Waals surface area contributed by atoms with Gasteiger partial charge in [-0.2, -0.15) is 10.4 Å². The Bertz CT molecular complexity index is 2420. The number of aromatic nitrogens is 3. The topological polar surface area (TPSA) is 110 Å². The first-order valence-corrected chi connectivity index (χ1v) is 18.5. The van der Waals surface area contributed by atoms with E-state index in [0.29, 0.717) is 58.4 Å². The molecule has 11 heteroatoms. The number of hydrogen-bond acceptors (Lipinski definition) is 6. The Balaban J connectivity index is 1.18. The number of H-pyrrole nitrogens is 1. The molecule has 272 valence electrons. The maximum Gasteiger partial charge on any atom is 0.260 e. The molecule has 1 unspecified atom stereocenters. The van der Waals surface area contributed by atoms with E-state index in [1.165, 1.54) is 5.56 Å². The van der Waals surface area contributed by atoms with Crippen molar-refractivity contribution in [2.24, 2.45) is 7.05 Å². The number of nitrogens with zero attached hydrogens (tertiary/aromatic N) is 6. The summed E-state index contributed by atoms with van der Waals surface area (Å²) >= 11 is 6.67. The zero-order valence-corrected chi connectivity index (χ0v) is 31.0. The number of nitriles is 1.